The van der Waals surface area contributed by atoms with Gasteiger partial charge in [-0.05, 0) is 28.8 Å². The van der Waals surface area contributed by atoms with Crippen LogP contribution in [0.15, 0.2) is 17.0 Å². The predicted molar refractivity (Wildman–Crippen MR) is 64.1 cm³/mol. The number of aromatic nitrogens is 2. The third-order valence-corrected chi connectivity index (χ3v) is 3.14. The van der Waals surface area contributed by atoms with Gasteiger partial charge < -0.3 is 4.90 Å². The van der Waals surface area contributed by atoms with Crippen molar-refractivity contribution in [2.45, 2.75) is 25.7 Å². The van der Waals surface area contributed by atoms with Gasteiger partial charge in [0.1, 0.15) is 10.3 Å². The monoisotopic (exact) mass is 283 g/mol. The van der Waals surface area contributed by atoms with Gasteiger partial charge in [-0.1, -0.05) is 12.8 Å². The van der Waals surface area contributed by atoms with Crippen LogP contribution in [0, 0.1) is 0 Å². The van der Waals surface area contributed by atoms with Crippen LogP contribution in [0.25, 0.3) is 0 Å². The molecule has 1 saturated heterocycles. The Balaban J connectivity index is 2.08. The molecule has 1 fully saturated rings. The Morgan fingerprint density at radius 3 is 2.38 bits per heavy atom. The molecular weight excluding hydrogens is 270 g/mol. The van der Waals surface area contributed by atoms with Gasteiger partial charge in [0.25, 0.3) is 5.91 Å². The number of hydrogen-bond acceptors (Lipinski definition) is 3. The topological polar surface area (TPSA) is 46.1 Å². The van der Waals surface area contributed by atoms with Crippen molar-refractivity contribution in [1.82, 2.24) is 14.9 Å². The first-order chi connectivity index (χ1) is 7.77. The molecular formula is C11H14BrN3O. The van der Waals surface area contributed by atoms with E-state index >= 15 is 0 Å². The molecule has 0 unspecified atom stereocenters. The molecule has 16 heavy (non-hydrogen) atoms. The first-order valence-electron chi connectivity index (χ1n) is 5.54. The molecule has 86 valence electrons. The minimum Gasteiger partial charge on any atom is -0.337 e. The van der Waals surface area contributed by atoms with E-state index in [1.165, 1.54) is 19.0 Å². The minimum absolute atomic E-state index is 0.00176. The number of carbonyl (C=O) groups excluding carboxylic acids is 1. The molecule has 1 aromatic rings. The van der Waals surface area contributed by atoms with Crippen LogP contribution in [0.2, 0.25) is 0 Å². The fourth-order valence-electron chi connectivity index (χ4n) is 1.86. The fourth-order valence-corrected chi connectivity index (χ4v) is 2.06. The molecule has 0 aromatic carbocycles. The predicted octanol–water partition coefficient (Wildman–Crippen LogP) is 2.26. The van der Waals surface area contributed by atoms with E-state index in [0.717, 1.165) is 25.9 Å². The molecule has 0 bridgehead atoms. The summed E-state index contributed by atoms with van der Waals surface area (Å²) in [5.74, 6) is 0.00176. The van der Waals surface area contributed by atoms with Gasteiger partial charge in [0.2, 0.25) is 0 Å². The molecule has 0 saturated carbocycles. The Labute approximate surface area is 103 Å². The van der Waals surface area contributed by atoms with Gasteiger partial charge in [0, 0.05) is 13.1 Å². The summed E-state index contributed by atoms with van der Waals surface area (Å²) < 4.78 is 0.653. The summed E-state index contributed by atoms with van der Waals surface area (Å²) in [6.07, 6.45) is 7.71. The molecule has 1 aliphatic rings. The lowest BCUT2D eigenvalue weighted by molar-refractivity contribution is 0.0755. The van der Waals surface area contributed by atoms with Crippen LogP contribution in [0.3, 0.4) is 0 Å². The number of rotatable bonds is 1. The second-order valence-corrected chi connectivity index (χ2v) is 4.74. The number of carbonyl (C=O) groups is 1. The summed E-state index contributed by atoms with van der Waals surface area (Å²) in [6, 6.07) is 0. The summed E-state index contributed by atoms with van der Waals surface area (Å²) in [5, 5.41) is 0. The summed E-state index contributed by atoms with van der Waals surface area (Å²) >= 11 is 3.20. The molecule has 2 heterocycles. The summed E-state index contributed by atoms with van der Waals surface area (Å²) in [7, 11) is 0. The van der Waals surface area contributed by atoms with Crippen LogP contribution in [0.4, 0.5) is 0 Å². The Morgan fingerprint density at radius 1 is 1.12 bits per heavy atom. The highest BCUT2D eigenvalue weighted by Gasteiger charge is 2.18. The number of likely N-dealkylation sites (tertiary alicyclic amines) is 1. The van der Waals surface area contributed by atoms with Crippen molar-refractivity contribution >= 4 is 21.8 Å². The van der Waals surface area contributed by atoms with Crippen molar-refractivity contribution in [3.63, 3.8) is 0 Å². The molecule has 0 spiro atoms. The normalized spacial score (nSPS) is 16.9. The Hall–Kier alpha value is -0.970. The number of nitrogens with zero attached hydrogens (tertiary/aromatic N) is 3. The molecule has 0 N–H and O–H groups in total. The lowest BCUT2D eigenvalue weighted by atomic mass is 10.2. The molecule has 0 atom stereocenters. The summed E-state index contributed by atoms with van der Waals surface area (Å²) in [4.78, 5) is 22.1. The number of amides is 1. The van der Waals surface area contributed by atoms with Crippen molar-refractivity contribution in [2.24, 2.45) is 0 Å². The maximum Gasteiger partial charge on any atom is 0.274 e. The first kappa shape index (κ1) is 11.5. The van der Waals surface area contributed by atoms with E-state index in [2.05, 4.69) is 25.9 Å². The highest BCUT2D eigenvalue weighted by molar-refractivity contribution is 9.10. The van der Waals surface area contributed by atoms with E-state index < -0.39 is 0 Å². The molecule has 2 rings (SSSR count). The van der Waals surface area contributed by atoms with Gasteiger partial charge in [-0.2, -0.15) is 0 Å². The van der Waals surface area contributed by atoms with Gasteiger partial charge in [-0.25, -0.2) is 9.97 Å². The lowest BCUT2D eigenvalue weighted by Crippen LogP contribution is -2.32. The van der Waals surface area contributed by atoms with Gasteiger partial charge in [0.15, 0.2) is 0 Å². The maximum absolute atomic E-state index is 12.1. The standard InChI is InChI=1S/C11H14BrN3O/c12-10-8-13-9(7-14-10)11(16)15-5-3-1-2-4-6-15/h7-8H,1-6H2. The fraction of sp³-hybridized carbons (Fsp3) is 0.545. The zero-order valence-electron chi connectivity index (χ0n) is 9.03. The van der Waals surface area contributed by atoms with Crippen molar-refractivity contribution in [3.8, 4) is 0 Å². The van der Waals surface area contributed by atoms with Crippen LogP contribution < -0.4 is 0 Å². The van der Waals surface area contributed by atoms with E-state index in [1.807, 2.05) is 4.90 Å². The third-order valence-electron chi connectivity index (χ3n) is 2.73. The second kappa shape index (κ2) is 5.39. The number of hydrogen-bond donors (Lipinski definition) is 0. The molecule has 0 radical (unpaired) electrons. The lowest BCUT2D eigenvalue weighted by Gasteiger charge is -2.19. The molecule has 1 amide bonds. The Bertz CT molecular complexity index is 358. The Morgan fingerprint density at radius 2 is 1.81 bits per heavy atom. The van der Waals surface area contributed by atoms with E-state index in [9.17, 15) is 4.79 Å². The van der Waals surface area contributed by atoms with Crippen molar-refractivity contribution in [2.75, 3.05) is 13.1 Å². The molecule has 0 aliphatic carbocycles. The highest BCUT2D eigenvalue weighted by Crippen LogP contribution is 2.12. The van der Waals surface area contributed by atoms with Crippen molar-refractivity contribution in [1.29, 1.82) is 0 Å². The zero-order chi connectivity index (χ0) is 11.4. The molecule has 5 heteroatoms. The average molecular weight is 284 g/mol. The minimum atomic E-state index is 0.00176. The molecule has 1 aliphatic heterocycles. The average Bonchev–Trinajstić information content (AvgIpc) is 2.57. The van der Waals surface area contributed by atoms with Crippen LogP contribution in [-0.2, 0) is 0 Å². The first-order valence-corrected chi connectivity index (χ1v) is 6.33. The molecule has 4 nitrogen and oxygen atoms in total. The van der Waals surface area contributed by atoms with Crippen LogP contribution in [0.5, 0.6) is 0 Å². The van der Waals surface area contributed by atoms with Gasteiger partial charge >= 0.3 is 0 Å². The highest BCUT2D eigenvalue weighted by atomic mass is 79.9. The smallest absolute Gasteiger partial charge is 0.274 e. The van der Waals surface area contributed by atoms with Crippen LogP contribution in [0.1, 0.15) is 36.2 Å². The molecule has 1 aromatic heterocycles. The second-order valence-electron chi connectivity index (χ2n) is 3.93. The largest absolute Gasteiger partial charge is 0.337 e. The van der Waals surface area contributed by atoms with E-state index in [-0.39, 0.29) is 5.91 Å². The number of halogens is 1. The Kier molecular flexibility index (Phi) is 3.88. The van der Waals surface area contributed by atoms with Crippen molar-refractivity contribution in [3.05, 3.63) is 22.7 Å². The SMILES string of the molecule is O=C(c1cnc(Br)cn1)N1CCCCCC1. The van der Waals surface area contributed by atoms with Crippen LogP contribution in [-0.4, -0.2) is 33.9 Å². The van der Waals surface area contributed by atoms with Crippen molar-refractivity contribution < 1.29 is 4.79 Å². The van der Waals surface area contributed by atoms with E-state index in [0.29, 0.717) is 10.3 Å². The van der Waals surface area contributed by atoms with Crippen LogP contribution >= 0.6 is 15.9 Å². The summed E-state index contributed by atoms with van der Waals surface area (Å²) in [6.45, 7) is 1.69. The van der Waals surface area contributed by atoms with Gasteiger partial charge in [0.05, 0.1) is 12.4 Å². The summed E-state index contributed by atoms with van der Waals surface area (Å²) in [5.41, 5.74) is 0.435. The van der Waals surface area contributed by atoms with Gasteiger partial charge in [-0.3, -0.25) is 4.79 Å². The quantitative estimate of drug-likeness (QED) is 0.794. The van der Waals surface area contributed by atoms with Gasteiger partial charge in [-0.15, -0.1) is 0 Å². The maximum atomic E-state index is 12.1. The third kappa shape index (κ3) is 2.78. The van der Waals surface area contributed by atoms with E-state index in [4.69, 9.17) is 0 Å². The van der Waals surface area contributed by atoms with E-state index in [1.54, 1.807) is 6.20 Å². The zero-order valence-corrected chi connectivity index (χ0v) is 10.6.